The van der Waals surface area contributed by atoms with Crippen LogP contribution in [-0.2, 0) is 52.0 Å². The fraction of sp³-hybridized carbons (Fsp3) is 0.906. The number of nitrogens with one attached hydrogen (secondary N) is 2. The first-order chi connectivity index (χ1) is 35.4. The lowest BCUT2D eigenvalue weighted by Crippen LogP contribution is -2.66. The second kappa shape index (κ2) is 43.2. The third-order valence-corrected chi connectivity index (χ3v) is 13.7. The smallest absolute Gasteiger partial charge is 0.469 e. The van der Waals surface area contributed by atoms with Crippen molar-refractivity contribution in [3.8, 4) is 0 Å². The van der Waals surface area contributed by atoms with Crippen molar-refractivity contribution in [3.63, 3.8) is 0 Å². The van der Waals surface area contributed by atoms with Gasteiger partial charge in [-0.05, 0) is 19.3 Å². The zero-order valence-electron chi connectivity index (χ0n) is 45.2. The molecule has 2 amide bonds. The van der Waals surface area contributed by atoms with Gasteiger partial charge in [0, 0.05) is 0 Å². The molecule has 0 aliphatic carbocycles. The largest absolute Gasteiger partial charge is 0.480 e. The number of hydrogen-bond acceptors (Lipinski definition) is 15. The van der Waals surface area contributed by atoms with Crippen molar-refractivity contribution >= 4 is 37.5 Å². The number of carbonyl (C=O) groups excluding carboxylic acids is 4. The highest BCUT2D eigenvalue weighted by Gasteiger charge is 2.50. The van der Waals surface area contributed by atoms with Crippen molar-refractivity contribution in [2.75, 3.05) is 19.8 Å². The minimum atomic E-state index is -5.19. The van der Waals surface area contributed by atoms with Crippen LogP contribution in [-0.4, -0.2) is 140 Å². The number of carbonyl (C=O) groups is 5. The number of hydrogen-bond donors (Lipinski definition) is 9. The van der Waals surface area contributed by atoms with E-state index in [1.165, 1.54) is 77.0 Å². The first-order valence-corrected chi connectivity index (χ1v) is 29.8. The van der Waals surface area contributed by atoms with Gasteiger partial charge in [-0.3, -0.25) is 18.9 Å². The summed E-state index contributed by atoms with van der Waals surface area (Å²) in [5.74, 6) is -5.39. The van der Waals surface area contributed by atoms with Gasteiger partial charge in [0.05, 0.1) is 44.2 Å². The summed E-state index contributed by atoms with van der Waals surface area (Å²) >= 11 is 0. The SMILES string of the molecule is CCCCCCCCCCC[C@@H](O)CC(=O)N[C@H]1[C@@H](OCC(=O)O)O[C@H](COC(=O)[C@H](COP(=O)(O)O)NC(=O)C[C@H](O)CCCCCCCCCCC)[C@@H](O)[C@@H]1OC(=O)C[C@H](O)CCCCCCCCCCC. The average Bonchev–Trinajstić information content (AvgIpc) is 3.33. The van der Waals surface area contributed by atoms with Crippen LogP contribution in [0.5, 0.6) is 0 Å². The molecular formula is C53H99N2O18P. The third kappa shape index (κ3) is 36.3. The van der Waals surface area contributed by atoms with Crippen LogP contribution in [0, 0.1) is 0 Å². The molecule has 74 heavy (non-hydrogen) atoms. The second-order valence-corrected chi connectivity index (χ2v) is 21.5. The van der Waals surface area contributed by atoms with Crippen LogP contribution in [0.2, 0.25) is 0 Å². The zero-order valence-corrected chi connectivity index (χ0v) is 46.1. The molecule has 1 heterocycles. The van der Waals surface area contributed by atoms with Crippen LogP contribution in [0.15, 0.2) is 0 Å². The number of rotatable bonds is 48. The molecule has 1 saturated heterocycles. The summed E-state index contributed by atoms with van der Waals surface area (Å²) in [7, 11) is -5.19. The molecule has 9 atom stereocenters. The van der Waals surface area contributed by atoms with Crippen molar-refractivity contribution in [2.45, 2.75) is 288 Å². The van der Waals surface area contributed by atoms with Gasteiger partial charge in [-0.2, -0.15) is 0 Å². The standard InChI is InChI=1S/C53H99N2O18P/c1-4-7-10-13-16-19-22-25-28-31-40(56)34-45(59)54-43(37-71-74(66,67)68)52(65)69-38-44-50(64)51(73-48(63)36-42(58)33-30-27-24-21-18-15-12-9-6-3)49(53(72-44)70-39-47(61)62)55-46(60)35-41(57)32-29-26-23-20-17-14-11-8-5-2/h40-44,49-51,53,56-58,64H,4-39H2,1-3H3,(H,54,59)(H,55,60)(H,61,62)(H2,66,67,68)/t40-,41-,42-,43+,44-,49-,50-,51-,53+/m1/s1. The van der Waals surface area contributed by atoms with E-state index in [1.54, 1.807) is 0 Å². The number of phosphoric acid groups is 1. The molecule has 21 heteroatoms. The Morgan fingerprint density at radius 3 is 1.42 bits per heavy atom. The quantitative estimate of drug-likeness (QED) is 0.0160. The summed E-state index contributed by atoms with van der Waals surface area (Å²) in [6, 6.07) is -3.43. The number of aliphatic hydroxyl groups is 4. The Bertz CT molecular complexity index is 1540. The first-order valence-electron chi connectivity index (χ1n) is 28.3. The van der Waals surface area contributed by atoms with Crippen molar-refractivity contribution in [1.82, 2.24) is 10.6 Å². The number of ether oxygens (including phenoxy) is 4. The normalized spacial score (nSPS) is 19.6. The number of unbranched alkanes of at least 4 members (excludes halogenated alkanes) is 24. The lowest BCUT2D eigenvalue weighted by molar-refractivity contribution is -0.274. The van der Waals surface area contributed by atoms with Gasteiger partial charge in [0.1, 0.15) is 31.5 Å². The van der Waals surface area contributed by atoms with Gasteiger partial charge >= 0.3 is 25.7 Å². The molecule has 0 aromatic heterocycles. The van der Waals surface area contributed by atoms with E-state index in [-0.39, 0.29) is 6.42 Å². The molecule has 1 rings (SSSR count). The summed E-state index contributed by atoms with van der Waals surface area (Å²) < 4.78 is 38.6. The van der Waals surface area contributed by atoms with Gasteiger partial charge in [-0.15, -0.1) is 0 Å². The van der Waals surface area contributed by atoms with Crippen molar-refractivity contribution in [3.05, 3.63) is 0 Å². The number of aliphatic hydroxyl groups excluding tert-OH is 4. The minimum Gasteiger partial charge on any atom is -0.480 e. The summed E-state index contributed by atoms with van der Waals surface area (Å²) in [4.78, 5) is 83.9. The van der Waals surface area contributed by atoms with Gasteiger partial charge in [0.25, 0.3) is 0 Å². The first kappa shape index (κ1) is 69.2. The zero-order chi connectivity index (χ0) is 55.0. The van der Waals surface area contributed by atoms with Crippen LogP contribution >= 0.6 is 7.82 Å². The predicted octanol–water partition coefficient (Wildman–Crippen LogP) is 7.72. The number of aliphatic carboxylic acids is 1. The molecule has 1 fully saturated rings. The number of esters is 2. The van der Waals surface area contributed by atoms with Crippen LogP contribution in [0.4, 0.5) is 0 Å². The second-order valence-electron chi connectivity index (χ2n) is 20.2. The fourth-order valence-corrected chi connectivity index (χ4v) is 9.29. The molecule has 0 aromatic carbocycles. The Kier molecular flexibility index (Phi) is 40.4. The maximum absolute atomic E-state index is 13.5. The predicted molar refractivity (Wildman–Crippen MR) is 278 cm³/mol. The number of carboxylic acid groups (broad SMARTS) is 1. The van der Waals surface area contributed by atoms with Gasteiger partial charge in [-0.25, -0.2) is 14.2 Å². The van der Waals surface area contributed by atoms with Crippen LogP contribution in [0.25, 0.3) is 0 Å². The van der Waals surface area contributed by atoms with E-state index in [0.717, 1.165) is 77.0 Å². The molecule has 434 valence electrons. The van der Waals surface area contributed by atoms with Crippen molar-refractivity contribution < 1.29 is 87.3 Å². The van der Waals surface area contributed by atoms with Crippen molar-refractivity contribution in [2.24, 2.45) is 0 Å². The lowest BCUT2D eigenvalue weighted by Gasteiger charge is -2.44. The van der Waals surface area contributed by atoms with E-state index in [1.807, 2.05) is 0 Å². The monoisotopic (exact) mass is 1080 g/mol. The Morgan fingerprint density at radius 1 is 0.595 bits per heavy atom. The Balaban J connectivity index is 3.16. The van der Waals surface area contributed by atoms with Crippen LogP contribution in [0.3, 0.4) is 0 Å². The lowest BCUT2D eigenvalue weighted by atomic mass is 9.95. The highest BCUT2D eigenvalue weighted by Crippen LogP contribution is 2.36. The average molecular weight is 1080 g/mol. The summed E-state index contributed by atoms with van der Waals surface area (Å²) in [5.41, 5.74) is 0. The summed E-state index contributed by atoms with van der Waals surface area (Å²) in [6.07, 6.45) is 17.5. The fourth-order valence-electron chi connectivity index (χ4n) is 8.95. The Hall–Kier alpha value is -2.78. The number of phosphoric ester groups is 1. The molecule has 9 N–H and O–H groups in total. The van der Waals surface area contributed by atoms with Crippen molar-refractivity contribution in [1.29, 1.82) is 0 Å². The highest BCUT2D eigenvalue weighted by molar-refractivity contribution is 7.46. The Labute approximate surface area is 441 Å². The molecule has 0 spiro atoms. The Morgan fingerprint density at radius 2 is 1.00 bits per heavy atom. The molecule has 0 radical (unpaired) electrons. The van der Waals surface area contributed by atoms with Crippen LogP contribution < -0.4 is 10.6 Å². The molecule has 1 aliphatic heterocycles. The van der Waals surface area contributed by atoms with Gasteiger partial charge in [0.2, 0.25) is 11.8 Å². The van der Waals surface area contributed by atoms with Gasteiger partial charge in [-0.1, -0.05) is 194 Å². The number of amides is 2. The van der Waals surface area contributed by atoms with E-state index < -0.39 is 132 Å². The van der Waals surface area contributed by atoms with E-state index in [9.17, 15) is 63.9 Å². The minimum absolute atomic E-state index is 0.281. The van der Waals surface area contributed by atoms with Gasteiger partial charge in [0.15, 0.2) is 18.4 Å². The van der Waals surface area contributed by atoms with E-state index >= 15 is 0 Å². The molecule has 0 saturated carbocycles. The number of carboxylic acids is 1. The third-order valence-electron chi connectivity index (χ3n) is 13.2. The molecule has 0 aromatic rings. The van der Waals surface area contributed by atoms with E-state index in [0.29, 0.717) is 32.1 Å². The molecule has 0 bridgehead atoms. The van der Waals surface area contributed by atoms with E-state index in [4.69, 9.17) is 18.9 Å². The maximum Gasteiger partial charge on any atom is 0.469 e. The van der Waals surface area contributed by atoms with Gasteiger partial charge < -0.3 is 64.9 Å². The topological polar surface area (TPSA) is 314 Å². The highest BCUT2D eigenvalue weighted by atomic mass is 31.2. The summed E-state index contributed by atoms with van der Waals surface area (Å²) in [5, 5.41) is 58.2. The molecule has 1 aliphatic rings. The molecular weight excluding hydrogens is 984 g/mol. The molecule has 20 nitrogen and oxygen atoms in total. The maximum atomic E-state index is 13.5. The summed E-state index contributed by atoms with van der Waals surface area (Å²) in [6.45, 7) is 3.52. The van der Waals surface area contributed by atoms with Crippen LogP contribution in [0.1, 0.15) is 233 Å². The van der Waals surface area contributed by atoms with E-state index in [2.05, 4.69) is 35.9 Å². The molecule has 0 unspecified atom stereocenters.